The number of rotatable bonds is 1. The average molecular weight is 316 g/mol. The van der Waals surface area contributed by atoms with Crippen LogP contribution in [0.3, 0.4) is 0 Å². The number of carbonyl (C=O) groups is 2. The molecular weight excluding hydrogens is 288 g/mol. The first-order valence-corrected chi connectivity index (χ1v) is 9.11. The van der Waals surface area contributed by atoms with Crippen LogP contribution in [-0.2, 0) is 14.3 Å². The van der Waals surface area contributed by atoms with E-state index in [2.05, 4.69) is 20.4 Å². The van der Waals surface area contributed by atoms with Crippen LogP contribution in [0.5, 0.6) is 0 Å². The maximum atomic E-state index is 13.1. The van der Waals surface area contributed by atoms with E-state index in [4.69, 9.17) is 4.74 Å². The number of hydrogen-bond acceptors (Lipinski definition) is 3. The van der Waals surface area contributed by atoms with Crippen LogP contribution in [0.15, 0.2) is 12.7 Å². The molecule has 126 valence electrons. The van der Waals surface area contributed by atoms with Gasteiger partial charge in [0.15, 0.2) is 0 Å². The maximum Gasteiger partial charge on any atom is 0.312 e. The van der Waals surface area contributed by atoms with Crippen LogP contribution in [0.2, 0.25) is 0 Å². The normalized spacial score (nSPS) is 54.9. The van der Waals surface area contributed by atoms with Crippen molar-refractivity contribution >= 4 is 11.8 Å². The van der Waals surface area contributed by atoms with Crippen molar-refractivity contribution in [2.45, 2.75) is 71.3 Å². The lowest BCUT2D eigenvalue weighted by molar-refractivity contribution is -0.202. The number of hydrogen-bond donors (Lipinski definition) is 0. The molecule has 1 saturated heterocycles. The third kappa shape index (κ3) is 1.62. The predicted octanol–water partition coefficient (Wildman–Crippen LogP) is 4.06. The first-order valence-electron chi connectivity index (χ1n) is 9.11. The van der Waals surface area contributed by atoms with Crippen molar-refractivity contribution in [3.05, 3.63) is 12.7 Å². The van der Waals surface area contributed by atoms with Crippen LogP contribution in [0, 0.1) is 28.1 Å². The molecule has 4 rings (SSSR count). The van der Waals surface area contributed by atoms with Crippen LogP contribution >= 0.6 is 0 Å². The van der Waals surface area contributed by atoms with Gasteiger partial charge in [0.2, 0.25) is 0 Å². The van der Waals surface area contributed by atoms with Gasteiger partial charge in [-0.2, -0.15) is 0 Å². The second-order valence-electron chi connectivity index (χ2n) is 9.31. The number of Topliss-reactive ketones (excluding diaryl/α,β-unsaturated/α-hetero) is 1. The third-order valence-electron chi connectivity index (χ3n) is 8.23. The molecule has 1 aliphatic heterocycles. The summed E-state index contributed by atoms with van der Waals surface area (Å²) in [6.07, 6.45) is 8.22. The Hall–Kier alpha value is -1.12. The highest BCUT2D eigenvalue weighted by Gasteiger charge is 2.75. The van der Waals surface area contributed by atoms with Crippen molar-refractivity contribution in [3.8, 4) is 0 Å². The molecule has 0 radical (unpaired) electrons. The minimum atomic E-state index is -0.443. The molecular formula is C20H28O3. The van der Waals surface area contributed by atoms with E-state index in [0.29, 0.717) is 12.2 Å². The van der Waals surface area contributed by atoms with Gasteiger partial charge in [-0.1, -0.05) is 19.9 Å². The number of carbonyl (C=O) groups excluding carboxylic acids is 2. The van der Waals surface area contributed by atoms with Crippen molar-refractivity contribution < 1.29 is 14.3 Å². The summed E-state index contributed by atoms with van der Waals surface area (Å²) in [5.41, 5.74) is -1.02. The Morgan fingerprint density at radius 2 is 1.87 bits per heavy atom. The summed E-state index contributed by atoms with van der Waals surface area (Å²) in [5, 5.41) is 0. The van der Waals surface area contributed by atoms with Crippen molar-refractivity contribution in [2.75, 3.05) is 0 Å². The van der Waals surface area contributed by atoms with Gasteiger partial charge < -0.3 is 4.74 Å². The minimum Gasteiger partial charge on any atom is -0.458 e. The zero-order valence-electron chi connectivity index (χ0n) is 14.6. The fraction of sp³-hybridized carbons (Fsp3) is 0.800. The summed E-state index contributed by atoms with van der Waals surface area (Å²) in [5.74, 6) is 0.390. The van der Waals surface area contributed by atoms with Gasteiger partial charge in [-0.15, -0.1) is 6.58 Å². The second-order valence-corrected chi connectivity index (χ2v) is 9.31. The molecule has 0 amide bonds. The van der Waals surface area contributed by atoms with E-state index >= 15 is 0 Å². The van der Waals surface area contributed by atoms with Gasteiger partial charge in [0.25, 0.3) is 0 Å². The van der Waals surface area contributed by atoms with Gasteiger partial charge in [-0.25, -0.2) is 0 Å². The van der Waals surface area contributed by atoms with Crippen molar-refractivity contribution in [1.82, 2.24) is 0 Å². The molecule has 0 spiro atoms. The number of allylic oxidation sites excluding steroid dienone is 1. The van der Waals surface area contributed by atoms with E-state index in [1.807, 2.05) is 13.0 Å². The molecule has 23 heavy (non-hydrogen) atoms. The molecule has 0 unspecified atom stereocenters. The zero-order chi connectivity index (χ0) is 16.7. The molecule has 3 heteroatoms. The Kier molecular flexibility index (Phi) is 2.87. The molecule has 3 saturated carbocycles. The summed E-state index contributed by atoms with van der Waals surface area (Å²) >= 11 is 0. The molecule has 0 N–H and O–H groups in total. The van der Waals surface area contributed by atoms with E-state index in [1.54, 1.807) is 0 Å². The quantitative estimate of drug-likeness (QED) is 0.541. The molecule has 4 fully saturated rings. The first-order chi connectivity index (χ1) is 10.7. The highest BCUT2D eigenvalue weighted by Crippen LogP contribution is 2.70. The van der Waals surface area contributed by atoms with Crippen LogP contribution in [-0.4, -0.2) is 17.4 Å². The first kappa shape index (κ1) is 15.4. The Bertz CT molecular complexity index is 610. The van der Waals surface area contributed by atoms with Gasteiger partial charge in [-0.05, 0) is 50.9 Å². The lowest BCUT2D eigenvalue weighted by Crippen LogP contribution is -2.65. The Labute approximate surface area is 138 Å². The highest BCUT2D eigenvalue weighted by molar-refractivity contribution is 5.89. The predicted molar refractivity (Wildman–Crippen MR) is 87.6 cm³/mol. The standard InChI is InChI=1S/C20H28O3/c1-5-17(2)9-10-19(4)13(12-17)14(21)11-15-18(3)7-6-8-20(15,19)23-16(18)22/h5,13,15H,1,6-12H2,2-4H3/t13-,15-,17+,18-,19+,20+/m0/s1. The SMILES string of the molecule is C=C[C@]1(C)CC[C@]2(C)[C@@H](C1)C(=O)C[C@H]1[C@]3(C)CCC[C@@]12OC3=O. The Morgan fingerprint density at radius 3 is 2.57 bits per heavy atom. The van der Waals surface area contributed by atoms with Gasteiger partial charge in [0.05, 0.1) is 5.41 Å². The smallest absolute Gasteiger partial charge is 0.312 e. The molecule has 0 aromatic rings. The summed E-state index contributed by atoms with van der Waals surface area (Å²) in [6.45, 7) is 10.5. The molecule has 4 aliphatic rings. The molecule has 0 aromatic heterocycles. The molecule has 1 heterocycles. The topological polar surface area (TPSA) is 43.4 Å². The summed E-state index contributed by atoms with van der Waals surface area (Å²) < 4.78 is 6.19. The fourth-order valence-electron chi connectivity index (χ4n) is 6.44. The molecule has 3 nitrogen and oxygen atoms in total. The number of ether oxygens (including phenoxy) is 1. The third-order valence-corrected chi connectivity index (χ3v) is 8.23. The zero-order valence-corrected chi connectivity index (χ0v) is 14.6. The number of fused-ring (bicyclic) bond motifs is 1. The lowest BCUT2D eigenvalue weighted by Gasteiger charge is -2.61. The van der Waals surface area contributed by atoms with E-state index in [0.717, 1.165) is 38.5 Å². The molecule has 3 aliphatic carbocycles. The van der Waals surface area contributed by atoms with Gasteiger partial charge >= 0.3 is 5.97 Å². The summed E-state index contributed by atoms with van der Waals surface area (Å²) in [7, 11) is 0. The lowest BCUT2D eigenvalue weighted by atomic mass is 9.42. The van der Waals surface area contributed by atoms with Gasteiger partial charge in [0, 0.05) is 23.7 Å². The van der Waals surface area contributed by atoms with Crippen LogP contribution in [0.25, 0.3) is 0 Å². The summed E-state index contributed by atoms with van der Waals surface area (Å²) in [4.78, 5) is 25.8. The molecule has 0 aromatic carbocycles. The van der Waals surface area contributed by atoms with Crippen LogP contribution < -0.4 is 0 Å². The minimum absolute atomic E-state index is 0.00347. The van der Waals surface area contributed by atoms with E-state index in [9.17, 15) is 9.59 Å². The monoisotopic (exact) mass is 316 g/mol. The number of esters is 1. The molecule has 2 bridgehead atoms. The highest BCUT2D eigenvalue weighted by atomic mass is 16.6. The van der Waals surface area contributed by atoms with E-state index in [1.165, 1.54) is 0 Å². The van der Waals surface area contributed by atoms with Crippen molar-refractivity contribution in [3.63, 3.8) is 0 Å². The van der Waals surface area contributed by atoms with Crippen LogP contribution in [0.4, 0.5) is 0 Å². The van der Waals surface area contributed by atoms with E-state index < -0.39 is 11.0 Å². The Morgan fingerprint density at radius 1 is 1.13 bits per heavy atom. The largest absolute Gasteiger partial charge is 0.458 e. The summed E-state index contributed by atoms with van der Waals surface area (Å²) in [6, 6.07) is 0. The second kappa shape index (κ2) is 4.29. The van der Waals surface area contributed by atoms with E-state index in [-0.39, 0.29) is 28.6 Å². The number of ketones is 1. The van der Waals surface area contributed by atoms with Crippen LogP contribution in [0.1, 0.15) is 65.7 Å². The van der Waals surface area contributed by atoms with Crippen molar-refractivity contribution in [2.24, 2.45) is 28.1 Å². The maximum absolute atomic E-state index is 13.1. The fourth-order valence-corrected chi connectivity index (χ4v) is 6.44. The van der Waals surface area contributed by atoms with Gasteiger partial charge in [0.1, 0.15) is 11.4 Å². The van der Waals surface area contributed by atoms with Gasteiger partial charge in [-0.3, -0.25) is 9.59 Å². The Balaban J connectivity index is 1.83. The average Bonchev–Trinajstić information content (AvgIpc) is 2.64. The molecule has 6 atom stereocenters. The van der Waals surface area contributed by atoms with Crippen molar-refractivity contribution in [1.29, 1.82) is 0 Å².